The fourth-order valence-corrected chi connectivity index (χ4v) is 1.50. The maximum Gasteiger partial charge on any atom is 0.000844 e. The van der Waals surface area contributed by atoms with Crippen molar-refractivity contribution < 1.29 is 0 Å². The van der Waals surface area contributed by atoms with Gasteiger partial charge < -0.3 is 0 Å². The first-order valence-electron chi connectivity index (χ1n) is 3.68. The normalized spacial score (nSPS) is 8.40. The minimum Gasteiger partial charge on any atom is -0.179 e. The van der Waals surface area contributed by atoms with Crippen molar-refractivity contribution in [1.29, 1.82) is 0 Å². The van der Waals surface area contributed by atoms with Gasteiger partial charge in [0.15, 0.2) is 0 Å². The van der Waals surface area contributed by atoms with Gasteiger partial charge in [-0.25, -0.2) is 0 Å². The number of hydrogen-bond acceptors (Lipinski definition) is 3. The van der Waals surface area contributed by atoms with Crippen molar-refractivity contribution in [3.05, 3.63) is 0 Å². The van der Waals surface area contributed by atoms with Crippen molar-refractivity contribution in [1.82, 2.24) is 0 Å². The summed E-state index contributed by atoms with van der Waals surface area (Å²) in [4.78, 5) is 0. The van der Waals surface area contributed by atoms with Crippen molar-refractivity contribution in [2.45, 2.75) is 27.2 Å². The van der Waals surface area contributed by atoms with Crippen molar-refractivity contribution in [2.24, 2.45) is 0 Å². The van der Waals surface area contributed by atoms with Crippen molar-refractivity contribution in [3.8, 4) is 0 Å². The molecule has 0 fully saturated rings. The quantitative estimate of drug-likeness (QED) is 0.415. The monoisotopic (exact) mass is 198 g/mol. The third-order valence-electron chi connectivity index (χ3n) is 0.543. The van der Waals surface area contributed by atoms with Crippen molar-refractivity contribution in [3.63, 3.8) is 0 Å². The molecule has 0 heterocycles. The molecule has 0 nitrogen and oxygen atoms in total. The Morgan fingerprint density at radius 3 is 1.40 bits per heavy atom. The summed E-state index contributed by atoms with van der Waals surface area (Å²) in [5.74, 6) is 3.48. The largest absolute Gasteiger partial charge is 0.179 e. The summed E-state index contributed by atoms with van der Waals surface area (Å²) in [6.45, 7) is 6.45. The molecule has 0 aliphatic carbocycles. The van der Waals surface area contributed by atoms with E-state index in [9.17, 15) is 0 Å². The highest BCUT2D eigenvalue weighted by Gasteiger charge is 1.75. The van der Waals surface area contributed by atoms with E-state index in [1.165, 1.54) is 17.9 Å². The predicted molar refractivity (Wildman–Crippen MR) is 60.4 cm³/mol. The first kappa shape index (κ1) is 13.6. The average Bonchev–Trinajstić information content (AvgIpc) is 2.01. The summed E-state index contributed by atoms with van der Waals surface area (Å²) in [6.07, 6.45) is 1.18. The highest BCUT2D eigenvalue weighted by Crippen LogP contribution is 2.18. The van der Waals surface area contributed by atoms with Gasteiger partial charge in [-0.15, -0.1) is 0 Å². The van der Waals surface area contributed by atoms with Gasteiger partial charge in [0.1, 0.15) is 0 Å². The average molecular weight is 198 g/mol. The lowest BCUT2D eigenvalue weighted by Crippen LogP contribution is -1.59. The Balaban J connectivity index is 0. The lowest BCUT2D eigenvalue weighted by atomic mass is 10.6. The molecule has 10 heavy (non-hydrogen) atoms. The summed E-state index contributed by atoms with van der Waals surface area (Å²) in [7, 11) is 3.85. The van der Waals surface area contributed by atoms with E-state index in [2.05, 4.69) is 33.4 Å². The molecule has 0 radical (unpaired) electrons. The molecule has 64 valence electrons. The molecule has 0 unspecified atom stereocenters. The maximum absolute atomic E-state index is 3.92. The third-order valence-corrected chi connectivity index (χ3v) is 3.54. The highest BCUT2D eigenvalue weighted by molar-refractivity contribution is 8.76. The van der Waals surface area contributed by atoms with E-state index in [1.807, 2.05) is 21.6 Å². The molecular weight excluding hydrogens is 180 g/mol. The van der Waals surface area contributed by atoms with Gasteiger partial charge in [-0.05, 0) is 12.2 Å². The summed E-state index contributed by atoms with van der Waals surface area (Å²) in [5.41, 5.74) is 0. The van der Waals surface area contributed by atoms with Gasteiger partial charge in [-0.2, -0.15) is 12.6 Å². The number of hydrogen-bond donors (Lipinski definition) is 1. The summed E-state index contributed by atoms with van der Waals surface area (Å²) in [6, 6.07) is 0. The fraction of sp³-hybridized carbons (Fsp3) is 1.00. The molecule has 3 heteroatoms. The summed E-state index contributed by atoms with van der Waals surface area (Å²) in [5, 5.41) is 0. The Hall–Kier alpha value is 1.05. The Labute approximate surface area is 78.7 Å². The van der Waals surface area contributed by atoms with E-state index >= 15 is 0 Å². The Bertz CT molecular complexity index is 33.8. The van der Waals surface area contributed by atoms with Crippen molar-refractivity contribution in [2.75, 3.05) is 17.3 Å². The molecule has 0 aromatic carbocycles. The SMILES string of the molecule is CCCS.CCSSCC. The third kappa shape index (κ3) is 23.0. The van der Waals surface area contributed by atoms with E-state index in [0.29, 0.717) is 0 Å². The van der Waals surface area contributed by atoms with Crippen LogP contribution in [0.1, 0.15) is 27.2 Å². The molecule has 0 aliphatic heterocycles. The van der Waals surface area contributed by atoms with Crippen LogP contribution in [-0.2, 0) is 0 Å². The molecule has 0 aromatic rings. The minimum atomic E-state index is 1.01. The first-order chi connectivity index (χ1) is 4.83. The zero-order valence-electron chi connectivity index (χ0n) is 7.09. The Morgan fingerprint density at radius 2 is 1.30 bits per heavy atom. The number of thiol groups is 1. The summed E-state index contributed by atoms with van der Waals surface area (Å²) >= 11 is 3.92. The van der Waals surface area contributed by atoms with Gasteiger partial charge in [0.05, 0.1) is 0 Å². The topological polar surface area (TPSA) is 0 Å². The highest BCUT2D eigenvalue weighted by atomic mass is 33.1. The standard InChI is InChI=1S/C4H10S2.C3H8S/c1-3-5-6-4-2;1-2-3-4/h3-4H2,1-2H3;4H,2-3H2,1H3. The van der Waals surface area contributed by atoms with Gasteiger partial charge in [0.2, 0.25) is 0 Å². The van der Waals surface area contributed by atoms with E-state index in [-0.39, 0.29) is 0 Å². The van der Waals surface area contributed by atoms with E-state index in [1.54, 1.807) is 0 Å². The van der Waals surface area contributed by atoms with E-state index in [4.69, 9.17) is 0 Å². The molecule has 0 saturated heterocycles. The van der Waals surface area contributed by atoms with Crippen LogP contribution in [-0.4, -0.2) is 17.3 Å². The van der Waals surface area contributed by atoms with Crippen LogP contribution in [0.5, 0.6) is 0 Å². The van der Waals surface area contributed by atoms with Gasteiger partial charge in [0.25, 0.3) is 0 Å². The second-order valence-corrected chi connectivity index (χ2v) is 5.02. The molecule has 0 aliphatic rings. The van der Waals surface area contributed by atoms with Crippen LogP contribution in [0.15, 0.2) is 0 Å². The van der Waals surface area contributed by atoms with E-state index in [0.717, 1.165) is 5.75 Å². The molecule has 0 saturated carbocycles. The zero-order chi connectivity index (χ0) is 8.24. The molecule has 0 amide bonds. The molecule has 0 spiro atoms. The van der Waals surface area contributed by atoms with Gasteiger partial charge >= 0.3 is 0 Å². The first-order valence-corrected chi connectivity index (χ1v) is 6.80. The lowest BCUT2D eigenvalue weighted by molar-refractivity contribution is 1.11. The van der Waals surface area contributed by atoms with Crippen LogP contribution in [0.2, 0.25) is 0 Å². The van der Waals surface area contributed by atoms with Crippen LogP contribution in [0.25, 0.3) is 0 Å². The smallest absolute Gasteiger partial charge is 0.000844 e. The Kier molecular flexibility index (Phi) is 22.6. The second kappa shape index (κ2) is 16.6. The molecular formula is C7H18S3. The predicted octanol–water partition coefficient (Wildman–Crippen LogP) is 3.73. The molecule has 0 aromatic heterocycles. The van der Waals surface area contributed by atoms with Crippen LogP contribution in [0.3, 0.4) is 0 Å². The maximum atomic E-state index is 3.92. The van der Waals surface area contributed by atoms with Crippen LogP contribution < -0.4 is 0 Å². The Morgan fingerprint density at radius 1 is 1.00 bits per heavy atom. The van der Waals surface area contributed by atoms with E-state index < -0.39 is 0 Å². The second-order valence-electron chi connectivity index (χ2n) is 1.54. The lowest BCUT2D eigenvalue weighted by Gasteiger charge is -1.86. The molecule has 0 N–H and O–H groups in total. The fourth-order valence-electron chi connectivity index (χ4n) is 0.167. The van der Waals surface area contributed by atoms with Gasteiger partial charge in [-0.3, -0.25) is 0 Å². The molecule has 0 atom stereocenters. The van der Waals surface area contributed by atoms with Crippen molar-refractivity contribution >= 4 is 34.2 Å². The molecule has 0 bridgehead atoms. The minimum absolute atomic E-state index is 1.01. The van der Waals surface area contributed by atoms with Gasteiger partial charge in [-0.1, -0.05) is 42.4 Å². The molecule has 0 rings (SSSR count). The zero-order valence-corrected chi connectivity index (χ0v) is 9.62. The number of rotatable bonds is 4. The van der Waals surface area contributed by atoms with Crippen LogP contribution >= 0.6 is 34.2 Å². The van der Waals surface area contributed by atoms with Gasteiger partial charge in [0, 0.05) is 11.5 Å². The van der Waals surface area contributed by atoms with Crippen LogP contribution in [0.4, 0.5) is 0 Å². The summed E-state index contributed by atoms with van der Waals surface area (Å²) < 4.78 is 0. The van der Waals surface area contributed by atoms with Crippen LogP contribution in [0, 0.1) is 0 Å².